The smallest absolute Gasteiger partial charge is 0.194 e. The third-order valence-electron chi connectivity index (χ3n) is 4.80. The van der Waals surface area contributed by atoms with E-state index in [0.29, 0.717) is 0 Å². The molecule has 0 aliphatic carbocycles. The third-order valence-corrected chi connectivity index (χ3v) is 4.80. The van der Waals surface area contributed by atoms with Crippen LogP contribution in [0.5, 0.6) is 0 Å². The summed E-state index contributed by atoms with van der Waals surface area (Å²) < 4.78 is 0. The maximum absolute atomic E-state index is 4.87. The van der Waals surface area contributed by atoms with Crippen LogP contribution in [0.25, 0.3) is 0 Å². The second kappa shape index (κ2) is 12.5. The lowest BCUT2D eigenvalue weighted by molar-refractivity contribution is 0.297. The fourth-order valence-corrected chi connectivity index (χ4v) is 3.27. The van der Waals surface area contributed by atoms with Gasteiger partial charge in [-0.1, -0.05) is 38.1 Å². The maximum Gasteiger partial charge on any atom is 0.194 e. The van der Waals surface area contributed by atoms with E-state index in [4.69, 9.17) is 4.99 Å². The SMILES string of the molecule is CCNC(=NCCCCN(CC)CC)N1CCc2ccccc2C1.I. The van der Waals surface area contributed by atoms with Gasteiger partial charge in [-0.2, -0.15) is 0 Å². The van der Waals surface area contributed by atoms with Gasteiger partial charge in [-0.05, 0) is 56.9 Å². The van der Waals surface area contributed by atoms with Crippen molar-refractivity contribution in [1.29, 1.82) is 0 Å². The van der Waals surface area contributed by atoms with Gasteiger partial charge in [0, 0.05) is 26.2 Å². The molecule has 1 aromatic carbocycles. The highest BCUT2D eigenvalue weighted by molar-refractivity contribution is 14.0. The lowest BCUT2D eigenvalue weighted by atomic mass is 10.0. The fourth-order valence-electron chi connectivity index (χ4n) is 3.27. The highest BCUT2D eigenvalue weighted by Crippen LogP contribution is 2.18. The van der Waals surface area contributed by atoms with E-state index in [2.05, 4.69) is 60.2 Å². The zero-order chi connectivity index (χ0) is 17.2. The molecule has 0 radical (unpaired) electrons. The van der Waals surface area contributed by atoms with Crippen LogP contribution in [0.4, 0.5) is 0 Å². The molecule has 2 rings (SSSR count). The summed E-state index contributed by atoms with van der Waals surface area (Å²) in [5.41, 5.74) is 2.93. The highest BCUT2D eigenvalue weighted by Gasteiger charge is 2.18. The van der Waals surface area contributed by atoms with E-state index >= 15 is 0 Å². The fraction of sp³-hybridized carbons (Fsp3) is 0.650. The number of unbranched alkanes of at least 4 members (excludes halogenated alkanes) is 1. The quantitative estimate of drug-likeness (QED) is 0.279. The third kappa shape index (κ3) is 7.13. The molecule has 5 heteroatoms. The summed E-state index contributed by atoms with van der Waals surface area (Å²) in [6.45, 7) is 14.0. The first-order valence-corrected chi connectivity index (χ1v) is 9.60. The van der Waals surface area contributed by atoms with Gasteiger partial charge >= 0.3 is 0 Å². The first-order valence-electron chi connectivity index (χ1n) is 9.60. The van der Waals surface area contributed by atoms with Crippen LogP contribution in [-0.2, 0) is 13.0 Å². The number of nitrogens with one attached hydrogen (secondary N) is 1. The molecule has 0 amide bonds. The number of hydrogen-bond acceptors (Lipinski definition) is 2. The number of aliphatic imine (C=N–C) groups is 1. The van der Waals surface area contributed by atoms with Gasteiger partial charge in [-0.3, -0.25) is 4.99 Å². The standard InChI is InChI=1S/C20H34N4.HI/c1-4-21-20(22-14-9-10-15-23(5-2)6-3)24-16-13-18-11-7-8-12-19(18)17-24;/h7-8,11-12H,4-6,9-10,13-17H2,1-3H3,(H,21,22);1H. The monoisotopic (exact) mass is 458 g/mol. The Bertz CT molecular complexity index is 514. The largest absolute Gasteiger partial charge is 0.357 e. The van der Waals surface area contributed by atoms with Crippen molar-refractivity contribution in [2.45, 2.75) is 46.6 Å². The summed E-state index contributed by atoms with van der Waals surface area (Å²) >= 11 is 0. The number of rotatable bonds is 8. The average molecular weight is 458 g/mol. The van der Waals surface area contributed by atoms with Crippen molar-refractivity contribution in [3.8, 4) is 0 Å². The number of fused-ring (bicyclic) bond motifs is 1. The predicted octanol–water partition coefficient (Wildman–Crippen LogP) is 3.75. The molecule has 1 aliphatic heterocycles. The molecule has 0 saturated carbocycles. The van der Waals surface area contributed by atoms with Crippen molar-refractivity contribution in [3.05, 3.63) is 35.4 Å². The van der Waals surface area contributed by atoms with Gasteiger partial charge < -0.3 is 15.1 Å². The van der Waals surface area contributed by atoms with E-state index in [1.165, 1.54) is 24.1 Å². The first-order chi connectivity index (χ1) is 11.8. The first kappa shape index (κ1) is 22.2. The average Bonchev–Trinajstić information content (AvgIpc) is 2.63. The van der Waals surface area contributed by atoms with Crippen LogP contribution in [-0.4, -0.2) is 55.0 Å². The summed E-state index contributed by atoms with van der Waals surface area (Å²) in [6, 6.07) is 8.78. The van der Waals surface area contributed by atoms with E-state index in [1.54, 1.807) is 0 Å². The van der Waals surface area contributed by atoms with Gasteiger partial charge in [0.05, 0.1) is 0 Å². The van der Waals surface area contributed by atoms with Gasteiger partial charge in [-0.25, -0.2) is 0 Å². The Balaban J connectivity index is 0.00000312. The van der Waals surface area contributed by atoms with Crippen LogP contribution in [0.2, 0.25) is 0 Å². The number of hydrogen-bond donors (Lipinski definition) is 1. The van der Waals surface area contributed by atoms with E-state index in [-0.39, 0.29) is 24.0 Å². The van der Waals surface area contributed by atoms with Crippen LogP contribution in [0.15, 0.2) is 29.3 Å². The predicted molar refractivity (Wildman–Crippen MR) is 119 cm³/mol. The van der Waals surface area contributed by atoms with Crippen molar-refractivity contribution in [1.82, 2.24) is 15.1 Å². The van der Waals surface area contributed by atoms with Gasteiger partial charge in [0.2, 0.25) is 0 Å². The van der Waals surface area contributed by atoms with Crippen molar-refractivity contribution in [3.63, 3.8) is 0 Å². The Kier molecular flexibility index (Phi) is 11.1. The Hall–Kier alpha value is -0.820. The lowest BCUT2D eigenvalue weighted by Crippen LogP contribution is -2.44. The van der Waals surface area contributed by atoms with E-state index in [0.717, 1.165) is 58.1 Å². The normalized spacial score (nSPS) is 14.2. The van der Waals surface area contributed by atoms with Gasteiger partial charge in [0.15, 0.2) is 5.96 Å². The topological polar surface area (TPSA) is 30.9 Å². The molecule has 0 fully saturated rings. The van der Waals surface area contributed by atoms with Crippen molar-refractivity contribution in [2.24, 2.45) is 4.99 Å². The summed E-state index contributed by atoms with van der Waals surface area (Å²) in [5, 5.41) is 3.47. The second-order valence-electron chi connectivity index (χ2n) is 6.41. The molecule has 0 aromatic heterocycles. The molecule has 1 aliphatic rings. The lowest BCUT2D eigenvalue weighted by Gasteiger charge is -2.31. The van der Waals surface area contributed by atoms with Crippen LogP contribution < -0.4 is 5.32 Å². The molecule has 1 heterocycles. The number of guanidine groups is 1. The molecule has 142 valence electrons. The molecule has 25 heavy (non-hydrogen) atoms. The van der Waals surface area contributed by atoms with Crippen LogP contribution >= 0.6 is 24.0 Å². The van der Waals surface area contributed by atoms with Crippen molar-refractivity contribution >= 4 is 29.9 Å². The molecule has 1 aromatic rings. The molecule has 0 saturated heterocycles. The summed E-state index contributed by atoms with van der Waals surface area (Å²) in [7, 11) is 0. The van der Waals surface area contributed by atoms with Crippen LogP contribution in [0.1, 0.15) is 44.7 Å². The number of benzene rings is 1. The van der Waals surface area contributed by atoms with Gasteiger partial charge in [0.1, 0.15) is 0 Å². The Labute approximate surface area is 171 Å². The maximum atomic E-state index is 4.87. The molecular weight excluding hydrogens is 423 g/mol. The molecular formula is C20H35IN4. The summed E-state index contributed by atoms with van der Waals surface area (Å²) in [5.74, 6) is 1.08. The highest BCUT2D eigenvalue weighted by atomic mass is 127. The van der Waals surface area contributed by atoms with Crippen LogP contribution in [0.3, 0.4) is 0 Å². The van der Waals surface area contributed by atoms with Gasteiger partial charge in [-0.15, -0.1) is 24.0 Å². The molecule has 0 spiro atoms. The molecule has 0 unspecified atom stereocenters. The summed E-state index contributed by atoms with van der Waals surface area (Å²) in [4.78, 5) is 9.75. The molecule has 0 atom stereocenters. The minimum absolute atomic E-state index is 0. The summed E-state index contributed by atoms with van der Waals surface area (Å²) in [6.07, 6.45) is 3.51. The molecule has 0 bridgehead atoms. The Morgan fingerprint density at radius 2 is 1.84 bits per heavy atom. The molecule has 1 N–H and O–H groups in total. The second-order valence-corrected chi connectivity index (χ2v) is 6.41. The van der Waals surface area contributed by atoms with Gasteiger partial charge in [0.25, 0.3) is 0 Å². The van der Waals surface area contributed by atoms with E-state index < -0.39 is 0 Å². The van der Waals surface area contributed by atoms with E-state index in [1.807, 2.05) is 0 Å². The van der Waals surface area contributed by atoms with Crippen LogP contribution in [0, 0.1) is 0 Å². The number of nitrogens with zero attached hydrogens (tertiary/aromatic N) is 3. The Morgan fingerprint density at radius 1 is 1.12 bits per heavy atom. The van der Waals surface area contributed by atoms with Crippen molar-refractivity contribution < 1.29 is 0 Å². The zero-order valence-corrected chi connectivity index (χ0v) is 18.5. The van der Waals surface area contributed by atoms with Crippen molar-refractivity contribution in [2.75, 3.05) is 39.3 Å². The molecule has 4 nitrogen and oxygen atoms in total. The number of halogens is 1. The minimum atomic E-state index is 0. The minimum Gasteiger partial charge on any atom is -0.357 e. The van der Waals surface area contributed by atoms with E-state index in [9.17, 15) is 0 Å². The Morgan fingerprint density at radius 3 is 2.52 bits per heavy atom. The zero-order valence-electron chi connectivity index (χ0n) is 16.1.